The standard InChI is InChI=1S/C16H20O2Si2/c1-19(15-9-5-3-6-10-15)17-13-14-18-20(2)16-11-7-4-8-12-16/h3-12H,13-14H2,1-2H3. The smallest absolute Gasteiger partial charge is 0.243 e. The van der Waals surface area contributed by atoms with Crippen molar-refractivity contribution in [3.8, 4) is 0 Å². The van der Waals surface area contributed by atoms with Gasteiger partial charge in [0.1, 0.15) is 0 Å². The molecule has 0 spiro atoms. The third kappa shape index (κ3) is 4.72. The molecule has 0 aromatic heterocycles. The average molecular weight is 301 g/mol. The van der Waals surface area contributed by atoms with Gasteiger partial charge in [-0.25, -0.2) is 0 Å². The van der Waals surface area contributed by atoms with E-state index in [4.69, 9.17) is 8.85 Å². The van der Waals surface area contributed by atoms with E-state index in [9.17, 15) is 0 Å². The molecule has 0 aliphatic rings. The van der Waals surface area contributed by atoms with Crippen LogP contribution in [-0.4, -0.2) is 31.3 Å². The Bertz CT molecular complexity index is 443. The number of hydrogen-bond donors (Lipinski definition) is 0. The summed E-state index contributed by atoms with van der Waals surface area (Å²) in [6.07, 6.45) is 0. The highest BCUT2D eigenvalue weighted by atomic mass is 28.3. The van der Waals surface area contributed by atoms with Crippen molar-refractivity contribution in [1.82, 2.24) is 0 Å². The zero-order valence-electron chi connectivity index (χ0n) is 12.0. The second-order valence-electron chi connectivity index (χ2n) is 4.54. The van der Waals surface area contributed by atoms with Crippen LogP contribution in [0.4, 0.5) is 0 Å². The summed E-state index contributed by atoms with van der Waals surface area (Å²) in [5, 5.41) is 2.62. The topological polar surface area (TPSA) is 18.5 Å². The average Bonchev–Trinajstić information content (AvgIpc) is 2.53. The molecule has 0 fully saturated rings. The zero-order valence-corrected chi connectivity index (χ0v) is 14.0. The molecule has 2 rings (SSSR count). The van der Waals surface area contributed by atoms with Gasteiger partial charge in [0.05, 0.1) is 13.2 Å². The van der Waals surface area contributed by atoms with Crippen LogP contribution in [0.15, 0.2) is 60.7 Å². The van der Waals surface area contributed by atoms with Crippen molar-refractivity contribution >= 4 is 28.5 Å². The second kappa shape index (κ2) is 8.16. The second-order valence-corrected chi connectivity index (χ2v) is 8.50. The van der Waals surface area contributed by atoms with Crippen molar-refractivity contribution in [1.29, 1.82) is 0 Å². The lowest BCUT2D eigenvalue weighted by molar-refractivity contribution is 0.224. The minimum Gasteiger partial charge on any atom is -0.410 e. The highest BCUT2D eigenvalue weighted by Crippen LogP contribution is 1.93. The fraction of sp³-hybridized carbons (Fsp3) is 0.250. The first-order valence-electron chi connectivity index (χ1n) is 6.81. The van der Waals surface area contributed by atoms with E-state index >= 15 is 0 Å². The van der Waals surface area contributed by atoms with E-state index in [-0.39, 0.29) is 0 Å². The molecular weight excluding hydrogens is 280 g/mol. The summed E-state index contributed by atoms with van der Waals surface area (Å²) in [4.78, 5) is 0. The SMILES string of the molecule is C[Si](OCCO[Si](C)c1ccccc1)c1ccccc1. The molecule has 0 unspecified atom stereocenters. The van der Waals surface area contributed by atoms with Gasteiger partial charge in [-0.05, 0) is 23.5 Å². The van der Waals surface area contributed by atoms with Crippen LogP contribution < -0.4 is 10.4 Å². The van der Waals surface area contributed by atoms with E-state index in [1.54, 1.807) is 0 Å². The summed E-state index contributed by atoms with van der Waals surface area (Å²) in [6.45, 7) is 5.70. The van der Waals surface area contributed by atoms with Gasteiger partial charge in [-0.15, -0.1) is 0 Å². The van der Waals surface area contributed by atoms with E-state index in [1.165, 1.54) is 10.4 Å². The van der Waals surface area contributed by atoms with Crippen molar-refractivity contribution in [2.75, 3.05) is 13.2 Å². The predicted octanol–water partition coefficient (Wildman–Crippen LogP) is 2.08. The Morgan fingerprint density at radius 2 is 1.00 bits per heavy atom. The molecule has 0 N–H and O–H groups in total. The van der Waals surface area contributed by atoms with E-state index < -0.39 is 18.1 Å². The largest absolute Gasteiger partial charge is 0.410 e. The lowest BCUT2D eigenvalue weighted by Gasteiger charge is -2.14. The summed E-state index contributed by atoms with van der Waals surface area (Å²) in [5.41, 5.74) is 0. The molecule has 2 nitrogen and oxygen atoms in total. The summed E-state index contributed by atoms with van der Waals surface area (Å²) >= 11 is 0. The fourth-order valence-electron chi connectivity index (χ4n) is 1.90. The Hall–Kier alpha value is -1.21. The molecule has 0 aliphatic carbocycles. The predicted molar refractivity (Wildman–Crippen MR) is 87.3 cm³/mol. The number of rotatable bonds is 7. The normalized spacial score (nSPS) is 11.2. The molecule has 0 saturated heterocycles. The first-order chi connectivity index (χ1) is 9.77. The van der Waals surface area contributed by atoms with Gasteiger partial charge in [0.25, 0.3) is 0 Å². The molecular formula is C16H20O2Si2. The van der Waals surface area contributed by atoms with Crippen LogP contribution in [0, 0.1) is 0 Å². The summed E-state index contributed by atoms with van der Waals surface area (Å²) in [5.74, 6) is 0. The maximum absolute atomic E-state index is 5.91. The highest BCUT2D eigenvalue weighted by Gasteiger charge is 2.11. The van der Waals surface area contributed by atoms with Crippen LogP contribution in [0.2, 0.25) is 13.1 Å². The number of benzene rings is 2. The van der Waals surface area contributed by atoms with E-state index in [1.807, 2.05) is 12.1 Å². The Morgan fingerprint density at radius 1 is 0.650 bits per heavy atom. The molecule has 104 valence electrons. The van der Waals surface area contributed by atoms with Crippen molar-refractivity contribution in [2.24, 2.45) is 0 Å². The van der Waals surface area contributed by atoms with Gasteiger partial charge >= 0.3 is 0 Å². The highest BCUT2D eigenvalue weighted by molar-refractivity contribution is 6.66. The van der Waals surface area contributed by atoms with Crippen molar-refractivity contribution < 1.29 is 8.85 Å². The molecule has 2 radical (unpaired) electrons. The third-order valence-electron chi connectivity index (χ3n) is 3.08. The van der Waals surface area contributed by atoms with Crippen LogP contribution in [0.5, 0.6) is 0 Å². The molecule has 4 heteroatoms. The van der Waals surface area contributed by atoms with Crippen LogP contribution in [-0.2, 0) is 8.85 Å². The molecule has 0 aliphatic heterocycles. The Kier molecular flexibility index (Phi) is 6.20. The Balaban J connectivity index is 1.69. The van der Waals surface area contributed by atoms with Gasteiger partial charge in [0, 0.05) is 0 Å². The molecule has 0 atom stereocenters. The summed E-state index contributed by atoms with van der Waals surface area (Å²) in [6, 6.07) is 20.8. The van der Waals surface area contributed by atoms with Gasteiger partial charge in [-0.3, -0.25) is 0 Å². The molecule has 0 bridgehead atoms. The third-order valence-corrected chi connectivity index (χ3v) is 6.65. The maximum atomic E-state index is 5.91. The molecule has 0 heterocycles. The van der Waals surface area contributed by atoms with Gasteiger partial charge in [-0.1, -0.05) is 60.7 Å². The lowest BCUT2D eigenvalue weighted by Crippen LogP contribution is -2.34. The quantitative estimate of drug-likeness (QED) is 0.576. The van der Waals surface area contributed by atoms with Crippen LogP contribution in [0.3, 0.4) is 0 Å². The summed E-state index contributed by atoms with van der Waals surface area (Å²) in [7, 11) is -1.80. The molecule has 0 saturated carbocycles. The first-order valence-corrected chi connectivity index (χ1v) is 10.6. The molecule has 0 amide bonds. The fourth-order valence-corrected chi connectivity index (χ4v) is 4.34. The van der Waals surface area contributed by atoms with Gasteiger partial charge in [-0.2, -0.15) is 0 Å². The van der Waals surface area contributed by atoms with Crippen molar-refractivity contribution in [2.45, 2.75) is 13.1 Å². The van der Waals surface area contributed by atoms with Gasteiger partial charge in [0.15, 0.2) is 0 Å². The molecule has 2 aromatic carbocycles. The van der Waals surface area contributed by atoms with Gasteiger partial charge < -0.3 is 8.85 Å². The maximum Gasteiger partial charge on any atom is 0.243 e. The minimum atomic E-state index is -0.898. The summed E-state index contributed by atoms with van der Waals surface area (Å²) < 4.78 is 11.8. The van der Waals surface area contributed by atoms with Gasteiger partial charge in [0.2, 0.25) is 18.1 Å². The van der Waals surface area contributed by atoms with Crippen LogP contribution in [0.1, 0.15) is 0 Å². The molecule has 2 aromatic rings. The van der Waals surface area contributed by atoms with Crippen LogP contribution >= 0.6 is 0 Å². The van der Waals surface area contributed by atoms with Crippen molar-refractivity contribution in [3.05, 3.63) is 60.7 Å². The minimum absolute atomic E-state index is 0.675. The van der Waals surface area contributed by atoms with E-state index in [0.29, 0.717) is 13.2 Å². The first kappa shape index (κ1) is 15.2. The molecule has 20 heavy (non-hydrogen) atoms. The van der Waals surface area contributed by atoms with E-state index in [0.717, 1.165) is 0 Å². The lowest BCUT2D eigenvalue weighted by atomic mass is 10.4. The Labute approximate surface area is 124 Å². The number of hydrogen-bond acceptors (Lipinski definition) is 2. The zero-order chi connectivity index (χ0) is 14.2. The Morgan fingerprint density at radius 3 is 1.35 bits per heavy atom. The van der Waals surface area contributed by atoms with Crippen LogP contribution in [0.25, 0.3) is 0 Å². The van der Waals surface area contributed by atoms with Crippen molar-refractivity contribution in [3.63, 3.8) is 0 Å². The van der Waals surface area contributed by atoms with E-state index in [2.05, 4.69) is 61.6 Å². The monoisotopic (exact) mass is 300 g/mol.